The average Bonchev–Trinajstić information content (AvgIpc) is 3.48. The maximum absolute atomic E-state index is 15.5. The zero-order valence-electron chi connectivity index (χ0n) is 20.6. The minimum Gasteiger partial charge on any atom is -0.382 e. The molecule has 3 heterocycles. The summed E-state index contributed by atoms with van der Waals surface area (Å²) in [5, 5.41) is 25.6. The van der Waals surface area contributed by atoms with Gasteiger partial charge in [-0.05, 0) is 61.8 Å². The van der Waals surface area contributed by atoms with Crippen LogP contribution in [0.5, 0.6) is 0 Å². The van der Waals surface area contributed by atoms with Crippen LogP contribution < -0.4 is 0 Å². The number of rotatable bonds is 4. The third-order valence-electron chi connectivity index (χ3n) is 8.01. The van der Waals surface area contributed by atoms with E-state index in [1.165, 1.54) is 18.2 Å². The Kier molecular flexibility index (Phi) is 4.88. The number of hydrogen-bond donors (Lipinski definition) is 2. The second-order valence-corrected chi connectivity index (χ2v) is 10.8. The van der Waals surface area contributed by atoms with Gasteiger partial charge < -0.3 is 5.11 Å². The van der Waals surface area contributed by atoms with Gasteiger partial charge in [-0.15, -0.1) is 10.2 Å². The molecular formula is C26H24F3N7O. The normalized spacial score (nSPS) is 21.9. The van der Waals surface area contributed by atoms with E-state index in [9.17, 15) is 13.9 Å². The molecule has 4 aromatic rings. The molecule has 6 rings (SSSR count). The summed E-state index contributed by atoms with van der Waals surface area (Å²) in [7, 11) is 0. The van der Waals surface area contributed by atoms with Gasteiger partial charge in [-0.25, -0.2) is 28.1 Å². The Morgan fingerprint density at radius 1 is 1.00 bits per heavy atom. The molecule has 190 valence electrons. The van der Waals surface area contributed by atoms with Crippen LogP contribution in [-0.4, -0.2) is 40.5 Å². The van der Waals surface area contributed by atoms with Crippen LogP contribution in [0, 0.1) is 22.9 Å². The number of hydrogen-bond acceptors (Lipinski definition) is 7. The van der Waals surface area contributed by atoms with Crippen LogP contribution in [0.25, 0.3) is 22.9 Å². The molecule has 2 bridgehead atoms. The van der Waals surface area contributed by atoms with E-state index in [4.69, 9.17) is 0 Å². The Bertz CT molecular complexity index is 1540. The van der Waals surface area contributed by atoms with Crippen molar-refractivity contribution in [3.8, 4) is 22.9 Å². The van der Waals surface area contributed by atoms with Gasteiger partial charge in [0.25, 0.3) is 0 Å². The molecule has 8 nitrogen and oxygen atoms in total. The van der Waals surface area contributed by atoms with Gasteiger partial charge in [0.15, 0.2) is 17.5 Å². The number of nitrogens with one attached hydrogen (secondary N) is 1. The third-order valence-corrected chi connectivity index (χ3v) is 8.01. The zero-order chi connectivity index (χ0) is 26.3. The molecule has 3 aromatic heterocycles. The predicted molar refractivity (Wildman–Crippen MR) is 127 cm³/mol. The summed E-state index contributed by atoms with van der Waals surface area (Å²) in [5.41, 5.74) is -1.40. The number of nitrogens with zero attached hydrogens (tertiary/aromatic N) is 6. The van der Waals surface area contributed by atoms with Crippen molar-refractivity contribution in [1.29, 1.82) is 0 Å². The van der Waals surface area contributed by atoms with Crippen LogP contribution in [0.2, 0.25) is 0 Å². The fourth-order valence-corrected chi connectivity index (χ4v) is 6.12. The first-order chi connectivity index (χ1) is 17.4. The van der Waals surface area contributed by atoms with Crippen molar-refractivity contribution in [2.75, 3.05) is 0 Å². The van der Waals surface area contributed by atoms with Crippen LogP contribution in [-0.2, 0) is 11.0 Å². The molecule has 0 amide bonds. The van der Waals surface area contributed by atoms with E-state index in [1.54, 1.807) is 19.9 Å². The molecule has 11 heteroatoms. The molecule has 37 heavy (non-hydrogen) atoms. The molecule has 1 saturated carbocycles. The first-order valence-electron chi connectivity index (χ1n) is 12.0. The molecule has 2 aliphatic rings. The Labute approximate surface area is 210 Å². The molecular weight excluding hydrogens is 483 g/mol. The molecule has 0 unspecified atom stereocenters. The van der Waals surface area contributed by atoms with Gasteiger partial charge in [0.05, 0.1) is 34.3 Å². The zero-order valence-corrected chi connectivity index (χ0v) is 20.6. The van der Waals surface area contributed by atoms with Gasteiger partial charge in [-0.2, -0.15) is 5.10 Å². The van der Waals surface area contributed by atoms with Gasteiger partial charge in [0.1, 0.15) is 17.2 Å². The summed E-state index contributed by atoms with van der Waals surface area (Å²) in [6.45, 7) is 7.17. The predicted octanol–water partition coefficient (Wildman–Crippen LogP) is 4.57. The van der Waals surface area contributed by atoms with E-state index in [0.717, 1.165) is 11.8 Å². The Hall–Kier alpha value is -3.73. The van der Waals surface area contributed by atoms with E-state index in [0.29, 0.717) is 18.5 Å². The number of fused-ring (bicyclic) bond motifs is 5. The molecule has 2 atom stereocenters. The first-order valence-corrected chi connectivity index (χ1v) is 12.0. The molecule has 0 radical (unpaired) electrons. The van der Waals surface area contributed by atoms with Gasteiger partial charge >= 0.3 is 0 Å². The molecule has 0 aliphatic heterocycles. The van der Waals surface area contributed by atoms with Crippen molar-refractivity contribution >= 4 is 0 Å². The summed E-state index contributed by atoms with van der Waals surface area (Å²) < 4.78 is 44.5. The smallest absolute Gasteiger partial charge is 0.219 e. The van der Waals surface area contributed by atoms with Gasteiger partial charge in [0, 0.05) is 0 Å². The lowest BCUT2D eigenvalue weighted by Crippen LogP contribution is -2.39. The molecule has 0 spiro atoms. The van der Waals surface area contributed by atoms with Crippen molar-refractivity contribution in [3.63, 3.8) is 0 Å². The Morgan fingerprint density at radius 2 is 1.73 bits per heavy atom. The van der Waals surface area contributed by atoms with Crippen LogP contribution in [0.4, 0.5) is 13.2 Å². The van der Waals surface area contributed by atoms with Crippen molar-refractivity contribution in [2.45, 2.75) is 57.5 Å². The lowest BCUT2D eigenvalue weighted by Gasteiger charge is -2.37. The molecule has 0 saturated heterocycles. The standard InChI is InChI=1S/C26H24F3N7O/c1-24(2)13-8-9-26(24,19-12(13)10-17(33-34-19)18-14(27)6-5-7-15(18)28)20-16(29)11-30-21(31-20)22-32-23(36-35-22)25(3,4)37/h5-7,10-11,13,37H,8-9H2,1-4H3,(H,32,35,36)/t13-,26-/m0/s1. The highest BCUT2D eigenvalue weighted by Gasteiger charge is 2.66. The summed E-state index contributed by atoms with van der Waals surface area (Å²) in [4.78, 5) is 13.0. The summed E-state index contributed by atoms with van der Waals surface area (Å²) in [6.07, 6.45) is 2.37. The second kappa shape index (κ2) is 7.64. The SMILES string of the molecule is CC(C)(O)c1nc(-c2ncc(F)c([C@]34CC[C@@H](c5cc(-c6c(F)cccc6F)nnc53)C4(C)C)n2)n[nH]1. The van der Waals surface area contributed by atoms with Gasteiger partial charge in [-0.3, -0.25) is 5.10 Å². The molecule has 1 aromatic carbocycles. The lowest BCUT2D eigenvalue weighted by atomic mass is 9.66. The van der Waals surface area contributed by atoms with Crippen molar-refractivity contribution in [2.24, 2.45) is 5.41 Å². The highest BCUT2D eigenvalue weighted by atomic mass is 19.1. The van der Waals surface area contributed by atoms with Crippen LogP contribution in [0.3, 0.4) is 0 Å². The number of aromatic amines is 1. The van der Waals surface area contributed by atoms with Crippen LogP contribution in [0.15, 0.2) is 30.5 Å². The van der Waals surface area contributed by atoms with Crippen molar-refractivity contribution in [1.82, 2.24) is 35.3 Å². The summed E-state index contributed by atoms with van der Waals surface area (Å²) in [6, 6.07) is 5.31. The third kappa shape index (κ3) is 3.19. The maximum atomic E-state index is 15.5. The van der Waals surface area contributed by atoms with E-state index in [1.807, 2.05) is 13.8 Å². The van der Waals surface area contributed by atoms with Crippen LogP contribution in [0.1, 0.15) is 69.2 Å². The Balaban J connectivity index is 1.51. The monoisotopic (exact) mass is 507 g/mol. The summed E-state index contributed by atoms with van der Waals surface area (Å²) >= 11 is 0. The number of benzene rings is 1. The van der Waals surface area contributed by atoms with Crippen molar-refractivity contribution in [3.05, 3.63) is 70.7 Å². The van der Waals surface area contributed by atoms with Crippen LogP contribution >= 0.6 is 0 Å². The quantitative estimate of drug-likeness (QED) is 0.416. The van der Waals surface area contributed by atoms with E-state index in [2.05, 4.69) is 35.3 Å². The minimum atomic E-state index is -1.26. The number of aliphatic hydroxyl groups is 1. The van der Waals surface area contributed by atoms with Gasteiger partial charge in [-0.1, -0.05) is 19.9 Å². The van der Waals surface area contributed by atoms with E-state index in [-0.39, 0.29) is 40.3 Å². The average molecular weight is 508 g/mol. The van der Waals surface area contributed by atoms with E-state index < -0.39 is 33.9 Å². The number of H-pyrrole nitrogens is 1. The molecule has 1 fully saturated rings. The summed E-state index contributed by atoms with van der Waals surface area (Å²) in [5.74, 6) is -1.66. The largest absolute Gasteiger partial charge is 0.382 e. The molecule has 2 aliphatic carbocycles. The maximum Gasteiger partial charge on any atom is 0.219 e. The first kappa shape index (κ1) is 23.7. The topological polar surface area (TPSA) is 113 Å². The fraction of sp³-hybridized carbons (Fsp3) is 0.385. The van der Waals surface area contributed by atoms with E-state index >= 15 is 4.39 Å². The van der Waals surface area contributed by atoms with Crippen molar-refractivity contribution < 1.29 is 18.3 Å². The minimum absolute atomic E-state index is 0.0466. The van der Waals surface area contributed by atoms with Gasteiger partial charge in [0.2, 0.25) is 5.82 Å². The molecule has 2 N–H and O–H groups in total. The highest BCUT2D eigenvalue weighted by molar-refractivity contribution is 5.64. The number of aromatic nitrogens is 7. The Morgan fingerprint density at radius 3 is 2.41 bits per heavy atom. The lowest BCUT2D eigenvalue weighted by molar-refractivity contribution is 0.0692. The highest BCUT2D eigenvalue weighted by Crippen LogP contribution is 2.69. The fourth-order valence-electron chi connectivity index (χ4n) is 6.12. The number of halogens is 3. The second-order valence-electron chi connectivity index (χ2n) is 10.8.